The third kappa shape index (κ3) is 2.59. The summed E-state index contributed by atoms with van der Waals surface area (Å²) in [4.78, 5) is 12.1. The minimum absolute atomic E-state index is 0.568. The smallest absolute Gasteiger partial charge is 0.138 e. The van der Waals surface area contributed by atoms with Crippen LogP contribution >= 0.6 is 11.3 Å². The Morgan fingerprint density at radius 1 is 1.26 bits per heavy atom. The van der Waals surface area contributed by atoms with Crippen molar-refractivity contribution in [3.05, 3.63) is 16.8 Å². The molecule has 0 bridgehead atoms. The average Bonchev–Trinajstić information content (AvgIpc) is 2.80. The highest BCUT2D eigenvalue weighted by molar-refractivity contribution is 7.18. The largest absolute Gasteiger partial charge is 0.370 e. The Morgan fingerprint density at radius 3 is 2.79 bits per heavy atom. The lowest BCUT2D eigenvalue weighted by Crippen LogP contribution is -2.10. The van der Waals surface area contributed by atoms with Crippen LogP contribution in [-0.4, -0.2) is 16.5 Å². The number of fused-ring (bicyclic) bond motifs is 1. The molecule has 0 aliphatic heterocycles. The zero-order valence-electron chi connectivity index (χ0n) is 11.7. The molecule has 0 unspecified atom stereocenters. The molecule has 1 fully saturated rings. The van der Waals surface area contributed by atoms with Gasteiger partial charge in [0.15, 0.2) is 0 Å². The maximum absolute atomic E-state index is 4.83. The van der Waals surface area contributed by atoms with Gasteiger partial charge in [0.25, 0.3) is 0 Å². The first-order chi connectivity index (χ1) is 9.28. The predicted molar refractivity (Wildman–Crippen MR) is 82.1 cm³/mol. The van der Waals surface area contributed by atoms with Crippen LogP contribution in [0.15, 0.2) is 6.07 Å². The van der Waals surface area contributed by atoms with E-state index in [2.05, 4.69) is 25.2 Å². The van der Waals surface area contributed by atoms with E-state index in [0.717, 1.165) is 23.0 Å². The Hall–Kier alpha value is -1.16. The van der Waals surface area contributed by atoms with Gasteiger partial charge in [0.2, 0.25) is 0 Å². The number of thiophene rings is 1. The summed E-state index contributed by atoms with van der Waals surface area (Å²) < 4.78 is 0. The zero-order chi connectivity index (χ0) is 13.2. The van der Waals surface area contributed by atoms with Gasteiger partial charge >= 0.3 is 0 Å². The third-order valence-electron chi connectivity index (χ3n) is 3.85. The molecule has 3 nitrogen and oxygen atoms in total. The molecular weight excluding hydrogens is 254 g/mol. The minimum atomic E-state index is 0.568. The van der Waals surface area contributed by atoms with E-state index in [1.54, 1.807) is 11.3 Å². The highest BCUT2D eigenvalue weighted by Crippen LogP contribution is 2.35. The van der Waals surface area contributed by atoms with E-state index in [0.29, 0.717) is 5.92 Å². The number of hydrogen-bond acceptors (Lipinski definition) is 4. The number of nitrogens with one attached hydrogen (secondary N) is 1. The molecule has 0 aromatic carbocycles. The van der Waals surface area contributed by atoms with Crippen LogP contribution in [-0.2, 0) is 0 Å². The summed E-state index contributed by atoms with van der Waals surface area (Å²) in [5, 5.41) is 4.58. The van der Waals surface area contributed by atoms with Gasteiger partial charge in [-0.15, -0.1) is 11.3 Å². The number of nitrogens with zero attached hydrogens (tertiary/aromatic N) is 2. The molecule has 102 valence electrons. The number of aromatic nitrogens is 2. The molecule has 0 atom stereocenters. The van der Waals surface area contributed by atoms with Crippen molar-refractivity contribution < 1.29 is 0 Å². The molecule has 0 spiro atoms. The van der Waals surface area contributed by atoms with E-state index in [-0.39, 0.29) is 0 Å². The maximum Gasteiger partial charge on any atom is 0.138 e. The molecule has 4 heteroatoms. The van der Waals surface area contributed by atoms with Crippen LogP contribution in [0.5, 0.6) is 0 Å². The first-order valence-corrected chi connectivity index (χ1v) is 8.11. The van der Waals surface area contributed by atoms with Gasteiger partial charge in [-0.05, 0) is 32.8 Å². The molecule has 0 saturated heterocycles. The lowest BCUT2D eigenvalue weighted by molar-refractivity contribution is 0.430. The Bertz CT molecular complexity index is 570. The number of aryl methyl sites for hydroxylation is 1. The Kier molecular flexibility index (Phi) is 3.69. The monoisotopic (exact) mass is 275 g/mol. The second-order valence-corrected chi connectivity index (χ2v) is 6.61. The van der Waals surface area contributed by atoms with Gasteiger partial charge < -0.3 is 5.32 Å². The topological polar surface area (TPSA) is 37.8 Å². The van der Waals surface area contributed by atoms with E-state index in [1.165, 1.54) is 42.4 Å². The van der Waals surface area contributed by atoms with Crippen LogP contribution in [0, 0.1) is 6.92 Å². The quantitative estimate of drug-likeness (QED) is 0.897. The molecule has 0 amide bonds. The standard InChI is InChI=1S/C15H21N3S/c1-3-16-14-12-9-10(2)19-15(12)18-13(17-14)11-7-5-4-6-8-11/h9,11H,3-8H2,1-2H3,(H,16,17,18). The molecule has 1 saturated carbocycles. The maximum atomic E-state index is 4.83. The summed E-state index contributed by atoms with van der Waals surface area (Å²) in [6.45, 7) is 5.17. The van der Waals surface area contributed by atoms with Crippen molar-refractivity contribution in [2.24, 2.45) is 0 Å². The normalized spacial score (nSPS) is 16.9. The average molecular weight is 275 g/mol. The Morgan fingerprint density at radius 2 is 2.05 bits per heavy atom. The fourth-order valence-electron chi connectivity index (χ4n) is 2.90. The van der Waals surface area contributed by atoms with Gasteiger partial charge in [-0.3, -0.25) is 0 Å². The van der Waals surface area contributed by atoms with Gasteiger partial charge in [0.1, 0.15) is 16.5 Å². The number of anilines is 1. The summed E-state index contributed by atoms with van der Waals surface area (Å²) >= 11 is 1.78. The summed E-state index contributed by atoms with van der Waals surface area (Å²) in [5.74, 6) is 2.65. The summed E-state index contributed by atoms with van der Waals surface area (Å²) in [6, 6.07) is 2.20. The lowest BCUT2D eigenvalue weighted by Gasteiger charge is -2.20. The van der Waals surface area contributed by atoms with Crippen molar-refractivity contribution in [2.75, 3.05) is 11.9 Å². The highest BCUT2D eigenvalue weighted by Gasteiger charge is 2.20. The van der Waals surface area contributed by atoms with E-state index in [9.17, 15) is 0 Å². The molecule has 2 aromatic heterocycles. The van der Waals surface area contributed by atoms with Crippen molar-refractivity contribution in [1.82, 2.24) is 9.97 Å². The van der Waals surface area contributed by atoms with Gasteiger partial charge in [-0.2, -0.15) is 0 Å². The SMILES string of the molecule is CCNc1nc(C2CCCCC2)nc2sc(C)cc12. The predicted octanol–water partition coefficient (Wildman–Crippen LogP) is 4.48. The summed E-state index contributed by atoms with van der Waals surface area (Å²) in [6.07, 6.45) is 6.53. The lowest BCUT2D eigenvalue weighted by atomic mass is 9.89. The first kappa shape index (κ1) is 12.9. The van der Waals surface area contributed by atoms with E-state index in [1.807, 2.05) is 0 Å². The van der Waals surface area contributed by atoms with Crippen LogP contribution in [0.3, 0.4) is 0 Å². The molecular formula is C15H21N3S. The van der Waals surface area contributed by atoms with Crippen molar-refractivity contribution in [3.63, 3.8) is 0 Å². The van der Waals surface area contributed by atoms with Crippen molar-refractivity contribution in [2.45, 2.75) is 51.9 Å². The van der Waals surface area contributed by atoms with Crippen LogP contribution in [0.4, 0.5) is 5.82 Å². The Labute approximate surface area is 118 Å². The summed E-state index contributed by atoms with van der Waals surface area (Å²) in [5.41, 5.74) is 0. The number of rotatable bonds is 3. The van der Waals surface area contributed by atoms with Gasteiger partial charge in [-0.25, -0.2) is 9.97 Å². The molecule has 0 radical (unpaired) electrons. The fourth-order valence-corrected chi connectivity index (χ4v) is 3.79. The van der Waals surface area contributed by atoms with Crippen LogP contribution in [0.2, 0.25) is 0 Å². The van der Waals surface area contributed by atoms with Gasteiger partial charge in [0, 0.05) is 17.3 Å². The molecule has 1 N–H and O–H groups in total. The summed E-state index contributed by atoms with van der Waals surface area (Å²) in [7, 11) is 0. The van der Waals surface area contributed by atoms with Crippen LogP contribution in [0.25, 0.3) is 10.2 Å². The molecule has 2 heterocycles. The highest BCUT2D eigenvalue weighted by atomic mass is 32.1. The van der Waals surface area contributed by atoms with E-state index < -0.39 is 0 Å². The molecule has 3 rings (SSSR count). The van der Waals surface area contributed by atoms with Crippen LogP contribution < -0.4 is 5.32 Å². The zero-order valence-corrected chi connectivity index (χ0v) is 12.5. The van der Waals surface area contributed by atoms with Crippen molar-refractivity contribution in [3.8, 4) is 0 Å². The minimum Gasteiger partial charge on any atom is -0.370 e. The molecule has 1 aliphatic carbocycles. The Balaban J connectivity index is 2.04. The molecule has 2 aromatic rings. The first-order valence-electron chi connectivity index (χ1n) is 7.30. The second-order valence-electron chi connectivity index (χ2n) is 5.37. The van der Waals surface area contributed by atoms with E-state index >= 15 is 0 Å². The molecule has 1 aliphatic rings. The fraction of sp³-hybridized carbons (Fsp3) is 0.600. The molecule has 19 heavy (non-hydrogen) atoms. The number of hydrogen-bond donors (Lipinski definition) is 1. The van der Waals surface area contributed by atoms with Crippen molar-refractivity contribution in [1.29, 1.82) is 0 Å². The van der Waals surface area contributed by atoms with E-state index in [4.69, 9.17) is 9.97 Å². The third-order valence-corrected chi connectivity index (χ3v) is 4.79. The van der Waals surface area contributed by atoms with Gasteiger partial charge in [0.05, 0.1) is 5.39 Å². The second kappa shape index (κ2) is 5.45. The van der Waals surface area contributed by atoms with Crippen molar-refractivity contribution >= 4 is 27.4 Å². The van der Waals surface area contributed by atoms with Crippen LogP contribution in [0.1, 0.15) is 55.6 Å². The van der Waals surface area contributed by atoms with Gasteiger partial charge in [-0.1, -0.05) is 19.3 Å².